The third kappa shape index (κ3) is 5.44. The summed E-state index contributed by atoms with van der Waals surface area (Å²) < 4.78 is 0. The van der Waals surface area contributed by atoms with Gasteiger partial charge in [-0.2, -0.15) is 4.99 Å². The fourth-order valence-electron chi connectivity index (χ4n) is 4.20. The number of para-hydroxylation sites is 1. The number of carbonyl (C=O) groups excluding carboxylic acids is 2. The molecule has 3 aromatic rings. The molecule has 0 saturated heterocycles. The Balaban J connectivity index is 1.31. The highest BCUT2D eigenvalue weighted by Gasteiger charge is 2.42. The van der Waals surface area contributed by atoms with Crippen molar-refractivity contribution in [2.24, 2.45) is 9.98 Å². The molecule has 0 spiro atoms. The van der Waals surface area contributed by atoms with Crippen molar-refractivity contribution < 1.29 is 14.5 Å². The largest absolute Gasteiger partial charge is 0.356 e. The van der Waals surface area contributed by atoms with Gasteiger partial charge in [-0.3, -0.25) is 24.6 Å². The van der Waals surface area contributed by atoms with Gasteiger partial charge in [-0.1, -0.05) is 66.4 Å². The number of amides is 2. The average molecular weight is 514 g/mol. The summed E-state index contributed by atoms with van der Waals surface area (Å²) in [6.07, 6.45) is 0.654. The van der Waals surface area contributed by atoms with Crippen LogP contribution in [0, 0.1) is 10.1 Å². The number of hydrogen-bond donors (Lipinski definition) is 1. The summed E-state index contributed by atoms with van der Waals surface area (Å²) in [7, 11) is 0. The molecule has 0 aromatic heterocycles. The van der Waals surface area contributed by atoms with Crippen LogP contribution in [0.4, 0.5) is 11.4 Å². The lowest BCUT2D eigenvalue weighted by Crippen LogP contribution is -2.46. The topological polar surface area (TPSA) is 117 Å². The fraction of sp³-hybridized carbons (Fsp3) is 0.185. The van der Waals surface area contributed by atoms with Gasteiger partial charge in [0, 0.05) is 30.0 Å². The zero-order chi connectivity index (χ0) is 25.8. The van der Waals surface area contributed by atoms with Crippen LogP contribution in [-0.2, 0) is 21.8 Å². The second-order valence-electron chi connectivity index (χ2n) is 8.57. The number of nitro benzene ring substituents is 1. The maximum Gasteiger partial charge on any atom is 0.271 e. The van der Waals surface area contributed by atoms with E-state index in [1.165, 1.54) is 23.9 Å². The summed E-state index contributed by atoms with van der Waals surface area (Å²) in [6.45, 7) is 0.468. The van der Waals surface area contributed by atoms with E-state index in [0.717, 1.165) is 16.7 Å². The number of hydrogen-bond acceptors (Lipinski definition) is 7. The van der Waals surface area contributed by atoms with Crippen LogP contribution in [-0.4, -0.2) is 45.2 Å². The van der Waals surface area contributed by atoms with Crippen molar-refractivity contribution in [2.45, 2.75) is 24.6 Å². The van der Waals surface area contributed by atoms with Crippen molar-refractivity contribution in [1.29, 1.82) is 0 Å². The van der Waals surface area contributed by atoms with Crippen molar-refractivity contribution in [3.8, 4) is 0 Å². The smallest absolute Gasteiger partial charge is 0.271 e. The quantitative estimate of drug-likeness (QED) is 0.356. The van der Waals surface area contributed by atoms with E-state index in [-0.39, 0.29) is 23.9 Å². The predicted octanol–water partition coefficient (Wildman–Crippen LogP) is 4.24. The molecule has 2 heterocycles. The summed E-state index contributed by atoms with van der Waals surface area (Å²) in [5.74, 6) is 0.356. The molecule has 3 aromatic carbocycles. The van der Waals surface area contributed by atoms with Gasteiger partial charge in [0.05, 0.1) is 17.0 Å². The normalized spacial score (nSPS) is 15.9. The first-order chi connectivity index (χ1) is 18.0. The molecule has 0 radical (unpaired) electrons. The molecule has 186 valence electrons. The minimum absolute atomic E-state index is 0.0237. The molecule has 9 nitrogen and oxygen atoms in total. The van der Waals surface area contributed by atoms with Gasteiger partial charge in [0.1, 0.15) is 11.9 Å². The Labute approximate surface area is 217 Å². The monoisotopic (exact) mass is 513 g/mol. The summed E-state index contributed by atoms with van der Waals surface area (Å²) in [5, 5.41) is 14.4. The van der Waals surface area contributed by atoms with E-state index in [1.807, 2.05) is 54.6 Å². The first-order valence-electron chi connectivity index (χ1n) is 11.8. The van der Waals surface area contributed by atoms with Crippen molar-refractivity contribution in [1.82, 2.24) is 10.2 Å². The lowest BCUT2D eigenvalue weighted by molar-refractivity contribution is -0.384. The molecule has 0 fully saturated rings. The number of carbonyl (C=O) groups is 2. The Kier molecular flexibility index (Phi) is 7.09. The van der Waals surface area contributed by atoms with Crippen LogP contribution in [0.15, 0.2) is 88.8 Å². The first kappa shape index (κ1) is 24.4. The van der Waals surface area contributed by atoms with Crippen molar-refractivity contribution >= 4 is 46.0 Å². The number of nitro groups is 1. The Morgan fingerprint density at radius 2 is 1.70 bits per heavy atom. The lowest BCUT2D eigenvalue weighted by atomic mass is 10.1. The van der Waals surface area contributed by atoms with Gasteiger partial charge in [-0.05, 0) is 29.7 Å². The fourth-order valence-corrected chi connectivity index (χ4v) is 5.21. The summed E-state index contributed by atoms with van der Waals surface area (Å²) >= 11 is 1.39. The van der Waals surface area contributed by atoms with Crippen LogP contribution in [0.5, 0.6) is 0 Å². The van der Waals surface area contributed by atoms with E-state index in [4.69, 9.17) is 4.99 Å². The highest BCUT2D eigenvalue weighted by molar-refractivity contribution is 8.13. The Hall–Kier alpha value is -4.31. The van der Waals surface area contributed by atoms with Gasteiger partial charge in [0.15, 0.2) is 5.17 Å². The minimum atomic E-state index is -0.789. The molecule has 1 unspecified atom stereocenters. The van der Waals surface area contributed by atoms with Crippen molar-refractivity contribution in [3.05, 3.63) is 106 Å². The SMILES string of the molecule is O=C(CC1C(=O)N=C2c3ccccc3N=C(SCc3ccc([N+](=O)[O-])cc3)N21)NCCc1ccccc1. The second-order valence-corrected chi connectivity index (χ2v) is 9.52. The number of aliphatic imine (C=N–C) groups is 2. The third-order valence-electron chi connectivity index (χ3n) is 6.08. The van der Waals surface area contributed by atoms with Gasteiger partial charge in [-0.25, -0.2) is 4.99 Å². The van der Waals surface area contributed by atoms with Gasteiger partial charge in [-0.15, -0.1) is 0 Å². The maximum atomic E-state index is 13.0. The van der Waals surface area contributed by atoms with Gasteiger partial charge in [0.2, 0.25) is 5.91 Å². The number of fused-ring (bicyclic) bond motifs is 3. The molecular formula is C27H23N5O4S. The second kappa shape index (κ2) is 10.8. The molecule has 0 bridgehead atoms. The molecule has 0 saturated carbocycles. The number of thioether (sulfide) groups is 1. The van der Waals surface area contributed by atoms with Gasteiger partial charge < -0.3 is 5.32 Å². The molecular weight excluding hydrogens is 490 g/mol. The molecule has 2 amide bonds. The number of benzene rings is 3. The molecule has 10 heteroatoms. The van der Waals surface area contributed by atoms with E-state index in [1.54, 1.807) is 17.0 Å². The van der Waals surface area contributed by atoms with Crippen LogP contribution >= 0.6 is 11.8 Å². The van der Waals surface area contributed by atoms with Crippen molar-refractivity contribution in [3.63, 3.8) is 0 Å². The molecule has 5 rings (SSSR count). The van der Waals surface area contributed by atoms with Crippen LogP contribution in [0.1, 0.15) is 23.1 Å². The van der Waals surface area contributed by atoms with E-state index in [2.05, 4.69) is 10.3 Å². The van der Waals surface area contributed by atoms with E-state index in [0.29, 0.717) is 35.4 Å². The van der Waals surface area contributed by atoms with Crippen LogP contribution in [0.3, 0.4) is 0 Å². The van der Waals surface area contributed by atoms with Gasteiger partial charge >= 0.3 is 0 Å². The highest BCUT2D eigenvalue weighted by Crippen LogP contribution is 2.35. The van der Waals surface area contributed by atoms with Gasteiger partial charge in [0.25, 0.3) is 11.6 Å². The zero-order valence-electron chi connectivity index (χ0n) is 19.7. The number of rotatable bonds is 8. The van der Waals surface area contributed by atoms with E-state index >= 15 is 0 Å². The summed E-state index contributed by atoms with van der Waals surface area (Å²) in [4.78, 5) is 47.1. The van der Waals surface area contributed by atoms with E-state index < -0.39 is 11.0 Å². The number of amidine groups is 2. The molecule has 2 aliphatic rings. The summed E-state index contributed by atoms with van der Waals surface area (Å²) in [6, 6.07) is 22.8. The predicted molar refractivity (Wildman–Crippen MR) is 143 cm³/mol. The van der Waals surface area contributed by atoms with Crippen LogP contribution in [0.25, 0.3) is 0 Å². The number of nitrogens with one attached hydrogen (secondary N) is 1. The minimum Gasteiger partial charge on any atom is -0.356 e. The summed E-state index contributed by atoms with van der Waals surface area (Å²) in [5.41, 5.74) is 3.45. The molecule has 37 heavy (non-hydrogen) atoms. The van der Waals surface area contributed by atoms with E-state index in [9.17, 15) is 19.7 Å². The third-order valence-corrected chi connectivity index (χ3v) is 7.10. The van der Waals surface area contributed by atoms with Crippen LogP contribution < -0.4 is 5.32 Å². The molecule has 2 aliphatic heterocycles. The molecule has 1 N–H and O–H groups in total. The van der Waals surface area contributed by atoms with Crippen molar-refractivity contribution in [2.75, 3.05) is 6.54 Å². The lowest BCUT2D eigenvalue weighted by Gasteiger charge is -2.30. The molecule has 1 atom stereocenters. The number of non-ortho nitro benzene ring substituents is 1. The average Bonchev–Trinajstić information content (AvgIpc) is 3.24. The highest BCUT2D eigenvalue weighted by atomic mass is 32.2. The standard InChI is InChI=1S/C27H23N5O4S/c33-24(28-15-14-18-6-2-1-3-7-18)16-23-26(34)30-25-21-8-4-5-9-22(21)29-27(31(23)25)37-17-19-10-12-20(13-11-19)32(35)36/h1-13,23H,14-17H2,(H,28,33). The number of nitrogens with zero attached hydrogens (tertiary/aromatic N) is 4. The Bertz CT molecular complexity index is 1410. The molecule has 0 aliphatic carbocycles. The zero-order valence-corrected chi connectivity index (χ0v) is 20.6. The maximum absolute atomic E-state index is 13.0. The Morgan fingerprint density at radius 3 is 2.46 bits per heavy atom. The van der Waals surface area contributed by atoms with Crippen LogP contribution in [0.2, 0.25) is 0 Å². The first-order valence-corrected chi connectivity index (χ1v) is 12.7. The Morgan fingerprint density at radius 1 is 0.973 bits per heavy atom.